The average molecular weight is 482 g/mol. The molecule has 1 fully saturated rings. The molecule has 4 aromatic rings. The Kier molecular flexibility index (Phi) is 7.38. The molecule has 1 aliphatic carbocycles. The van der Waals surface area contributed by atoms with Gasteiger partial charge in [0.25, 0.3) is 0 Å². The molecule has 3 N–H and O–H groups in total. The molecule has 1 saturated carbocycles. The molecule has 0 spiro atoms. The Hall–Kier alpha value is -3.57. The average Bonchev–Trinajstić information content (AvgIpc) is 3.27. The minimum atomic E-state index is -0.0899. The number of hydrogen-bond acceptors (Lipinski definition) is 3. The second-order valence-electron chi connectivity index (χ2n) is 9.93. The van der Waals surface area contributed by atoms with Crippen LogP contribution in [-0.2, 0) is 11.3 Å². The SMILES string of the molecule is COc1cccc(C(CC(=O)N[C@H]2CC[C@@H](N)CC2)c2cn(Cc3ccccc3)c3ccccc23)c1. The van der Waals surface area contributed by atoms with Crippen LogP contribution in [0.3, 0.4) is 0 Å². The number of methoxy groups -OCH3 is 1. The Bertz CT molecular complexity index is 1310. The zero-order valence-corrected chi connectivity index (χ0v) is 20.9. The van der Waals surface area contributed by atoms with Crippen molar-refractivity contribution in [3.05, 3.63) is 102 Å². The first-order chi connectivity index (χ1) is 17.6. The van der Waals surface area contributed by atoms with Gasteiger partial charge in [0.15, 0.2) is 0 Å². The number of rotatable bonds is 8. The highest BCUT2D eigenvalue weighted by molar-refractivity contribution is 5.87. The van der Waals surface area contributed by atoms with Crippen molar-refractivity contribution in [2.24, 2.45) is 5.73 Å². The van der Waals surface area contributed by atoms with Gasteiger partial charge in [-0.25, -0.2) is 0 Å². The number of aromatic nitrogens is 1. The topological polar surface area (TPSA) is 69.3 Å². The number of benzene rings is 3. The van der Waals surface area contributed by atoms with Gasteiger partial charge in [0, 0.05) is 48.1 Å². The van der Waals surface area contributed by atoms with Crippen molar-refractivity contribution < 1.29 is 9.53 Å². The second-order valence-corrected chi connectivity index (χ2v) is 9.93. The molecule has 0 aliphatic heterocycles. The predicted molar refractivity (Wildman–Crippen MR) is 145 cm³/mol. The first kappa shape index (κ1) is 24.1. The third-order valence-corrected chi connectivity index (χ3v) is 7.41. The summed E-state index contributed by atoms with van der Waals surface area (Å²) in [5, 5.41) is 4.48. The molecule has 5 nitrogen and oxygen atoms in total. The number of amides is 1. The number of carbonyl (C=O) groups is 1. The van der Waals surface area contributed by atoms with E-state index in [1.807, 2.05) is 18.2 Å². The van der Waals surface area contributed by atoms with Crippen LogP contribution in [0.4, 0.5) is 0 Å². The summed E-state index contributed by atoms with van der Waals surface area (Å²) in [4.78, 5) is 13.4. The van der Waals surface area contributed by atoms with E-state index in [0.717, 1.165) is 49.1 Å². The van der Waals surface area contributed by atoms with Crippen LogP contribution in [0.15, 0.2) is 85.1 Å². The van der Waals surface area contributed by atoms with Crippen LogP contribution < -0.4 is 15.8 Å². The van der Waals surface area contributed by atoms with E-state index >= 15 is 0 Å². The summed E-state index contributed by atoms with van der Waals surface area (Å²) in [6.45, 7) is 0.778. The number of carbonyl (C=O) groups excluding carboxylic acids is 1. The van der Waals surface area contributed by atoms with Gasteiger partial charge in [-0.3, -0.25) is 4.79 Å². The fraction of sp³-hybridized carbons (Fsp3) is 0.323. The van der Waals surface area contributed by atoms with Crippen LogP contribution in [0, 0.1) is 0 Å². The zero-order chi connectivity index (χ0) is 24.9. The number of nitrogens with two attached hydrogens (primary N) is 1. The van der Waals surface area contributed by atoms with Crippen LogP contribution in [-0.4, -0.2) is 29.7 Å². The third kappa shape index (κ3) is 5.47. The van der Waals surface area contributed by atoms with E-state index in [4.69, 9.17) is 10.5 Å². The molecule has 186 valence electrons. The summed E-state index contributed by atoms with van der Waals surface area (Å²) in [5.74, 6) is 0.795. The van der Waals surface area contributed by atoms with Crippen molar-refractivity contribution >= 4 is 16.8 Å². The summed E-state index contributed by atoms with van der Waals surface area (Å²) in [6.07, 6.45) is 6.46. The summed E-state index contributed by atoms with van der Waals surface area (Å²) in [5.41, 5.74) is 10.7. The molecule has 1 atom stereocenters. The molecular weight excluding hydrogens is 446 g/mol. The van der Waals surface area contributed by atoms with Gasteiger partial charge in [-0.15, -0.1) is 0 Å². The summed E-state index contributed by atoms with van der Waals surface area (Å²) in [6, 6.07) is 27.6. The van der Waals surface area contributed by atoms with Gasteiger partial charge in [-0.05, 0) is 60.6 Å². The maximum atomic E-state index is 13.4. The molecule has 3 aromatic carbocycles. The number of nitrogens with one attached hydrogen (secondary N) is 1. The lowest BCUT2D eigenvalue weighted by Crippen LogP contribution is -2.40. The van der Waals surface area contributed by atoms with E-state index in [1.165, 1.54) is 16.5 Å². The van der Waals surface area contributed by atoms with Gasteiger partial charge in [0.2, 0.25) is 5.91 Å². The second kappa shape index (κ2) is 11.0. The Labute approximate surface area is 213 Å². The smallest absolute Gasteiger partial charge is 0.221 e. The molecule has 0 bridgehead atoms. The molecule has 1 aliphatic rings. The van der Waals surface area contributed by atoms with E-state index < -0.39 is 0 Å². The van der Waals surface area contributed by atoms with Gasteiger partial charge in [-0.2, -0.15) is 0 Å². The quantitative estimate of drug-likeness (QED) is 0.344. The Balaban J connectivity index is 1.50. The van der Waals surface area contributed by atoms with E-state index in [-0.39, 0.29) is 23.9 Å². The van der Waals surface area contributed by atoms with Gasteiger partial charge in [0.05, 0.1) is 7.11 Å². The lowest BCUT2D eigenvalue weighted by Gasteiger charge is -2.27. The molecular formula is C31H35N3O2. The fourth-order valence-electron chi connectivity index (χ4n) is 5.46. The lowest BCUT2D eigenvalue weighted by molar-refractivity contribution is -0.122. The molecule has 1 unspecified atom stereocenters. The predicted octanol–water partition coefficient (Wildman–Crippen LogP) is 5.61. The van der Waals surface area contributed by atoms with E-state index in [2.05, 4.69) is 76.7 Å². The summed E-state index contributed by atoms with van der Waals surface area (Å²) in [7, 11) is 1.68. The summed E-state index contributed by atoms with van der Waals surface area (Å²) >= 11 is 0. The van der Waals surface area contributed by atoms with E-state index in [0.29, 0.717) is 6.42 Å². The Morgan fingerprint density at radius 3 is 2.53 bits per heavy atom. The maximum absolute atomic E-state index is 13.4. The molecule has 0 saturated heterocycles. The summed E-state index contributed by atoms with van der Waals surface area (Å²) < 4.78 is 7.83. The third-order valence-electron chi connectivity index (χ3n) is 7.41. The molecule has 1 heterocycles. The van der Waals surface area contributed by atoms with Crippen LogP contribution in [0.5, 0.6) is 5.75 Å². The lowest BCUT2D eigenvalue weighted by atomic mass is 9.87. The van der Waals surface area contributed by atoms with Crippen LogP contribution in [0.2, 0.25) is 0 Å². The molecule has 1 amide bonds. The van der Waals surface area contributed by atoms with Crippen molar-refractivity contribution in [2.45, 2.75) is 56.7 Å². The minimum absolute atomic E-state index is 0.0863. The van der Waals surface area contributed by atoms with Crippen LogP contribution in [0.1, 0.15) is 54.7 Å². The van der Waals surface area contributed by atoms with Crippen molar-refractivity contribution in [3.63, 3.8) is 0 Å². The van der Waals surface area contributed by atoms with Crippen molar-refractivity contribution in [1.29, 1.82) is 0 Å². The number of hydrogen-bond donors (Lipinski definition) is 2. The molecule has 5 heteroatoms. The van der Waals surface area contributed by atoms with Gasteiger partial charge in [-0.1, -0.05) is 60.7 Å². The van der Waals surface area contributed by atoms with Crippen LogP contribution in [0.25, 0.3) is 10.9 Å². The minimum Gasteiger partial charge on any atom is -0.497 e. The normalized spacial score (nSPS) is 18.6. The first-order valence-electron chi connectivity index (χ1n) is 12.9. The largest absolute Gasteiger partial charge is 0.497 e. The molecule has 1 aromatic heterocycles. The monoisotopic (exact) mass is 481 g/mol. The maximum Gasteiger partial charge on any atom is 0.221 e. The highest BCUT2D eigenvalue weighted by atomic mass is 16.5. The standard InChI is InChI=1S/C31H35N3O2/c1-36-26-11-7-10-23(18-26)28(19-31(35)33-25-16-14-24(32)15-17-25)29-21-34(20-22-8-3-2-4-9-22)30-13-6-5-12-27(29)30/h2-13,18,21,24-25,28H,14-17,19-20,32H2,1H3,(H,33,35)/t24-,25+,28?. The van der Waals surface area contributed by atoms with Gasteiger partial charge < -0.3 is 20.4 Å². The highest BCUT2D eigenvalue weighted by Gasteiger charge is 2.26. The van der Waals surface area contributed by atoms with E-state index in [9.17, 15) is 4.79 Å². The highest BCUT2D eigenvalue weighted by Crippen LogP contribution is 2.36. The van der Waals surface area contributed by atoms with Crippen molar-refractivity contribution in [3.8, 4) is 5.75 Å². The molecule has 5 rings (SSSR count). The van der Waals surface area contributed by atoms with Crippen LogP contribution >= 0.6 is 0 Å². The van der Waals surface area contributed by atoms with Crippen molar-refractivity contribution in [2.75, 3.05) is 7.11 Å². The fourth-order valence-corrected chi connectivity index (χ4v) is 5.46. The number of fused-ring (bicyclic) bond motifs is 1. The van der Waals surface area contributed by atoms with Gasteiger partial charge in [0.1, 0.15) is 5.75 Å². The number of nitrogens with zero attached hydrogens (tertiary/aromatic N) is 1. The first-order valence-corrected chi connectivity index (χ1v) is 12.9. The zero-order valence-electron chi connectivity index (χ0n) is 20.9. The van der Waals surface area contributed by atoms with E-state index in [1.54, 1.807) is 7.11 Å². The number of ether oxygens (including phenoxy) is 1. The Morgan fingerprint density at radius 1 is 1.00 bits per heavy atom. The number of para-hydroxylation sites is 1. The Morgan fingerprint density at radius 2 is 1.75 bits per heavy atom. The molecule has 0 radical (unpaired) electrons. The van der Waals surface area contributed by atoms with Gasteiger partial charge >= 0.3 is 0 Å². The molecule has 36 heavy (non-hydrogen) atoms. The van der Waals surface area contributed by atoms with Crippen molar-refractivity contribution in [1.82, 2.24) is 9.88 Å².